The predicted molar refractivity (Wildman–Crippen MR) is 65.6 cm³/mol. The Morgan fingerprint density at radius 2 is 2.38 bits per heavy atom. The first-order chi connectivity index (χ1) is 7.59. The lowest BCUT2D eigenvalue weighted by Crippen LogP contribution is -1.83. The Hall–Kier alpha value is -1.32. The molecule has 0 aliphatic carbocycles. The Balaban J connectivity index is 2.44. The van der Waals surface area contributed by atoms with E-state index in [1.807, 2.05) is 0 Å². The lowest BCUT2D eigenvalue weighted by atomic mass is 10.4. The molecule has 0 saturated carbocycles. The average Bonchev–Trinajstić information content (AvgIpc) is 2.65. The molecule has 1 aromatic rings. The molecule has 1 aromatic heterocycles. The van der Waals surface area contributed by atoms with Crippen LogP contribution in [0.15, 0.2) is 12.1 Å². The summed E-state index contributed by atoms with van der Waals surface area (Å²) in [5, 5.41) is 10.6. The zero-order valence-corrected chi connectivity index (χ0v) is 10.2. The van der Waals surface area contributed by atoms with E-state index >= 15 is 0 Å². The third-order valence-electron chi connectivity index (χ3n) is 1.52. The number of thiophene rings is 1. The van der Waals surface area contributed by atoms with Crippen molar-refractivity contribution in [2.45, 2.75) is 13.3 Å². The number of nitrogens with zero attached hydrogens (tertiary/aromatic N) is 1. The molecule has 1 heterocycles. The molecular weight excluding hydrogens is 246 g/mol. The number of thioether (sulfide) groups is 1. The topological polar surface area (TPSA) is 60.2 Å². The maximum Gasteiger partial charge on any atom is 0.325 e. The molecule has 0 aliphatic heterocycles. The smallest absolute Gasteiger partial charge is 0.288 e. The number of rotatable bonds is 3. The maximum atomic E-state index is 10.6. The van der Waals surface area contributed by atoms with Crippen LogP contribution in [0.25, 0.3) is 0 Å². The van der Waals surface area contributed by atoms with Gasteiger partial charge in [0.2, 0.25) is 0 Å². The van der Waals surface area contributed by atoms with Crippen LogP contribution in [0.1, 0.15) is 18.2 Å². The Morgan fingerprint density at radius 1 is 1.62 bits per heavy atom. The Labute approximate surface area is 101 Å². The largest absolute Gasteiger partial charge is 0.325 e. The number of hydrogen-bond donors (Lipinski definition) is 0. The van der Waals surface area contributed by atoms with Crippen molar-refractivity contribution in [1.82, 2.24) is 0 Å². The summed E-state index contributed by atoms with van der Waals surface area (Å²) in [4.78, 5) is 21.2. The van der Waals surface area contributed by atoms with Gasteiger partial charge in [0, 0.05) is 25.2 Å². The Kier molecular flexibility index (Phi) is 5.02. The zero-order valence-electron chi connectivity index (χ0n) is 8.56. The fraction of sp³-hybridized carbons (Fsp3) is 0.300. The fourth-order valence-electron chi connectivity index (χ4n) is 0.888. The molecular formula is C10H9NO3S2. The molecule has 16 heavy (non-hydrogen) atoms. The summed E-state index contributed by atoms with van der Waals surface area (Å²) in [6.07, 6.45) is 0.607. The molecule has 0 fully saturated rings. The normalized spacial score (nSPS) is 9.31. The van der Waals surface area contributed by atoms with Crippen molar-refractivity contribution in [1.29, 1.82) is 0 Å². The predicted octanol–water partition coefficient (Wildman–Crippen LogP) is 2.68. The summed E-state index contributed by atoms with van der Waals surface area (Å²) in [5.74, 6) is 6.37. The molecule has 84 valence electrons. The van der Waals surface area contributed by atoms with Crippen molar-refractivity contribution in [3.8, 4) is 11.8 Å². The van der Waals surface area contributed by atoms with E-state index in [2.05, 4.69) is 11.8 Å². The molecule has 0 aromatic carbocycles. The van der Waals surface area contributed by atoms with Gasteiger partial charge in [0.05, 0.1) is 9.80 Å². The molecule has 0 saturated heterocycles. The van der Waals surface area contributed by atoms with E-state index in [4.69, 9.17) is 0 Å². The molecule has 0 N–H and O–H groups in total. The maximum absolute atomic E-state index is 10.6. The minimum Gasteiger partial charge on any atom is -0.288 e. The van der Waals surface area contributed by atoms with E-state index in [0.29, 0.717) is 17.1 Å². The monoisotopic (exact) mass is 255 g/mol. The van der Waals surface area contributed by atoms with Crippen LogP contribution in [-0.2, 0) is 4.79 Å². The summed E-state index contributed by atoms with van der Waals surface area (Å²) in [6, 6.07) is 3.08. The van der Waals surface area contributed by atoms with Gasteiger partial charge in [0.15, 0.2) is 5.12 Å². The van der Waals surface area contributed by atoms with Gasteiger partial charge in [-0.2, -0.15) is 0 Å². The third-order valence-corrected chi connectivity index (χ3v) is 3.28. The van der Waals surface area contributed by atoms with E-state index in [-0.39, 0.29) is 10.1 Å². The van der Waals surface area contributed by atoms with Crippen LogP contribution in [-0.4, -0.2) is 15.8 Å². The van der Waals surface area contributed by atoms with Gasteiger partial charge in [-0.1, -0.05) is 34.9 Å². The molecule has 1 rings (SSSR count). The fourth-order valence-corrected chi connectivity index (χ4v) is 2.08. The highest BCUT2D eigenvalue weighted by Crippen LogP contribution is 2.22. The van der Waals surface area contributed by atoms with Crippen LogP contribution in [0.3, 0.4) is 0 Å². The summed E-state index contributed by atoms with van der Waals surface area (Å²) < 4.78 is 0. The van der Waals surface area contributed by atoms with Crippen LogP contribution >= 0.6 is 23.1 Å². The first-order valence-corrected chi connectivity index (χ1v) is 6.26. The van der Waals surface area contributed by atoms with E-state index in [9.17, 15) is 14.9 Å². The minimum atomic E-state index is -0.429. The number of nitro groups is 1. The summed E-state index contributed by atoms with van der Waals surface area (Å²) in [7, 11) is 0. The van der Waals surface area contributed by atoms with Crippen molar-refractivity contribution in [2.75, 3.05) is 5.75 Å². The zero-order chi connectivity index (χ0) is 12.0. The molecule has 0 unspecified atom stereocenters. The highest BCUT2D eigenvalue weighted by molar-refractivity contribution is 8.13. The number of hydrogen-bond acceptors (Lipinski definition) is 5. The molecule has 0 aliphatic rings. The van der Waals surface area contributed by atoms with Crippen molar-refractivity contribution < 1.29 is 9.72 Å². The van der Waals surface area contributed by atoms with Crippen LogP contribution in [0.5, 0.6) is 0 Å². The molecule has 6 heteroatoms. The molecule has 4 nitrogen and oxygen atoms in total. The second-order valence-electron chi connectivity index (χ2n) is 2.79. The third kappa shape index (κ3) is 4.47. The SMILES string of the molecule is CC(=O)SCCC#Cc1ccc([N+](=O)[O-])s1. The average molecular weight is 255 g/mol. The first-order valence-electron chi connectivity index (χ1n) is 4.46. The van der Waals surface area contributed by atoms with E-state index in [1.54, 1.807) is 6.07 Å². The first kappa shape index (κ1) is 12.7. The van der Waals surface area contributed by atoms with Crippen molar-refractivity contribution in [2.24, 2.45) is 0 Å². The van der Waals surface area contributed by atoms with Crippen molar-refractivity contribution in [3.05, 3.63) is 27.1 Å². The standard InChI is InChI=1S/C10H9NO3S2/c1-8(12)15-7-3-2-4-9-5-6-10(16-9)11(13)14/h5-6H,3,7H2,1H3. The lowest BCUT2D eigenvalue weighted by Gasteiger charge is -1.87. The van der Waals surface area contributed by atoms with E-state index in [1.165, 1.54) is 24.8 Å². The van der Waals surface area contributed by atoms with Crippen LogP contribution < -0.4 is 0 Å². The van der Waals surface area contributed by atoms with Gasteiger partial charge in [0.25, 0.3) is 0 Å². The number of carbonyl (C=O) groups is 1. The van der Waals surface area contributed by atoms with E-state index in [0.717, 1.165) is 11.3 Å². The molecule has 0 radical (unpaired) electrons. The lowest BCUT2D eigenvalue weighted by molar-refractivity contribution is -0.380. The highest BCUT2D eigenvalue weighted by atomic mass is 32.2. The molecule has 0 atom stereocenters. The minimum absolute atomic E-state index is 0.0774. The van der Waals surface area contributed by atoms with Gasteiger partial charge in [-0.15, -0.1) is 0 Å². The van der Waals surface area contributed by atoms with Gasteiger partial charge < -0.3 is 0 Å². The second kappa shape index (κ2) is 6.30. The highest BCUT2D eigenvalue weighted by Gasteiger charge is 2.07. The van der Waals surface area contributed by atoms with E-state index < -0.39 is 4.92 Å². The molecule has 0 amide bonds. The van der Waals surface area contributed by atoms with Crippen LogP contribution in [0.2, 0.25) is 0 Å². The van der Waals surface area contributed by atoms with Crippen LogP contribution in [0.4, 0.5) is 5.00 Å². The quantitative estimate of drug-likeness (QED) is 0.360. The van der Waals surface area contributed by atoms with Gasteiger partial charge >= 0.3 is 5.00 Å². The van der Waals surface area contributed by atoms with Gasteiger partial charge in [-0.05, 0) is 6.07 Å². The van der Waals surface area contributed by atoms with Gasteiger partial charge in [0.1, 0.15) is 0 Å². The van der Waals surface area contributed by atoms with Gasteiger partial charge in [-0.25, -0.2) is 0 Å². The second-order valence-corrected chi connectivity index (χ2v) is 5.12. The van der Waals surface area contributed by atoms with Crippen molar-refractivity contribution in [3.63, 3.8) is 0 Å². The van der Waals surface area contributed by atoms with Crippen LogP contribution in [0, 0.1) is 22.0 Å². The summed E-state index contributed by atoms with van der Waals surface area (Å²) in [6.45, 7) is 1.51. The van der Waals surface area contributed by atoms with Crippen molar-refractivity contribution >= 4 is 33.2 Å². The number of carbonyl (C=O) groups excluding carboxylic acids is 1. The van der Waals surface area contributed by atoms with Gasteiger partial charge in [-0.3, -0.25) is 14.9 Å². The molecule has 0 spiro atoms. The summed E-state index contributed by atoms with van der Waals surface area (Å²) >= 11 is 2.29. The Bertz CT molecular complexity index is 456. The molecule has 0 bridgehead atoms. The Morgan fingerprint density at radius 3 is 2.94 bits per heavy atom. The summed E-state index contributed by atoms with van der Waals surface area (Å²) in [5.41, 5.74) is 0.